The number of alkyl halides is 1. The number of rotatable bonds is 12. The predicted octanol–water partition coefficient (Wildman–Crippen LogP) is 5.45. The lowest BCUT2D eigenvalue weighted by atomic mass is 10.3. The van der Waals surface area contributed by atoms with Crippen LogP contribution in [0.1, 0.15) is 38.6 Å². The van der Waals surface area contributed by atoms with E-state index < -0.39 is 0 Å². The van der Waals surface area contributed by atoms with E-state index in [9.17, 15) is 0 Å². The number of aryl methyl sites for hydroxylation is 1. The van der Waals surface area contributed by atoms with Gasteiger partial charge in [-0.2, -0.15) is 4.98 Å². The van der Waals surface area contributed by atoms with Gasteiger partial charge in [0.1, 0.15) is 6.61 Å². The molecule has 0 bridgehead atoms. The fraction of sp³-hybridized carbons (Fsp3) is 0.375. The molecule has 8 nitrogen and oxygen atoms in total. The van der Waals surface area contributed by atoms with Crippen LogP contribution in [0.25, 0.3) is 10.6 Å². The maximum atomic E-state index is 5.88. The van der Waals surface area contributed by atoms with Crippen molar-refractivity contribution in [2.75, 3.05) is 11.9 Å². The number of hydrogen-bond donors (Lipinski definition) is 2. The number of anilines is 2. The topological polar surface area (TPSA) is 97.7 Å². The molecule has 3 heterocycles. The Morgan fingerprint density at radius 1 is 1.06 bits per heavy atom. The van der Waals surface area contributed by atoms with Crippen LogP contribution in [0.5, 0.6) is 6.01 Å². The van der Waals surface area contributed by atoms with E-state index >= 15 is 0 Å². The van der Waals surface area contributed by atoms with Crippen LogP contribution in [0.2, 0.25) is 0 Å². The van der Waals surface area contributed by atoms with Gasteiger partial charge in [0.25, 0.3) is 0 Å². The highest BCUT2D eigenvalue weighted by atomic mass is 35.5. The highest BCUT2D eigenvalue weighted by molar-refractivity contribution is 7.18. The van der Waals surface area contributed by atoms with Crippen molar-refractivity contribution in [1.29, 1.82) is 0 Å². The summed E-state index contributed by atoms with van der Waals surface area (Å²) in [6, 6.07) is 2.65. The molecule has 0 fully saturated rings. The number of allylic oxidation sites excluding steroid dienone is 3. The molecule has 0 amide bonds. The molecule has 1 atom stereocenters. The summed E-state index contributed by atoms with van der Waals surface area (Å²) in [4.78, 5) is 23.1. The van der Waals surface area contributed by atoms with Gasteiger partial charge in [-0.1, -0.05) is 49.5 Å². The molecule has 0 aliphatic rings. The maximum absolute atomic E-state index is 5.88. The number of halogens is 1. The van der Waals surface area contributed by atoms with E-state index in [1.807, 2.05) is 44.2 Å². The number of nitrogens with zero attached hydrogens (tertiary/aromatic N) is 5. The van der Waals surface area contributed by atoms with Crippen LogP contribution in [0.4, 0.5) is 10.9 Å². The van der Waals surface area contributed by atoms with Crippen molar-refractivity contribution in [3.05, 3.63) is 60.3 Å². The lowest BCUT2D eigenvalue weighted by Crippen LogP contribution is -2.22. The zero-order valence-electron chi connectivity index (χ0n) is 19.8. The Kier molecular flexibility index (Phi) is 9.93. The van der Waals surface area contributed by atoms with Crippen molar-refractivity contribution in [3.63, 3.8) is 0 Å². The van der Waals surface area contributed by atoms with Crippen LogP contribution in [0.15, 0.2) is 49.0 Å². The number of ether oxygens (including phenoxy) is 1. The molecule has 2 N–H and O–H groups in total. The number of thiazole rings is 1. The zero-order valence-corrected chi connectivity index (χ0v) is 21.4. The SMILES string of the molecule is Cc1cc(-c2cnc(Nc3cnc(CNC(C)C)cn3)s2)nc(OC/C=C\C/C=C\C(C)Cl)n1. The Labute approximate surface area is 209 Å². The standard InChI is InChI=1S/C24H30ClN7OS/c1-16(2)26-12-19-13-28-22(15-27-19)32-24-29-14-21(34-24)20-11-18(4)30-23(31-20)33-10-8-6-5-7-9-17(3)25/h6-9,11,13-17,26H,5,10,12H2,1-4H3,(H,28,29,32)/b8-6-,9-7-. The first-order valence-electron chi connectivity index (χ1n) is 11.1. The van der Waals surface area contributed by atoms with Gasteiger partial charge < -0.3 is 15.4 Å². The van der Waals surface area contributed by atoms with Gasteiger partial charge in [-0.15, -0.1) is 11.6 Å². The average Bonchev–Trinajstić information content (AvgIpc) is 3.26. The van der Waals surface area contributed by atoms with Gasteiger partial charge in [0, 0.05) is 29.9 Å². The minimum atomic E-state index is 0.0387. The highest BCUT2D eigenvalue weighted by Gasteiger charge is 2.10. The monoisotopic (exact) mass is 499 g/mol. The fourth-order valence-corrected chi connectivity index (χ4v) is 3.63. The second-order valence-corrected chi connectivity index (χ2v) is 9.60. The van der Waals surface area contributed by atoms with E-state index in [1.54, 1.807) is 18.6 Å². The summed E-state index contributed by atoms with van der Waals surface area (Å²) < 4.78 is 5.71. The van der Waals surface area contributed by atoms with Crippen LogP contribution in [0.3, 0.4) is 0 Å². The number of nitrogens with one attached hydrogen (secondary N) is 2. The van der Waals surface area contributed by atoms with Gasteiger partial charge in [-0.3, -0.25) is 4.98 Å². The first-order chi connectivity index (χ1) is 16.4. The van der Waals surface area contributed by atoms with Gasteiger partial charge in [-0.25, -0.2) is 15.0 Å². The van der Waals surface area contributed by atoms with Gasteiger partial charge in [0.05, 0.1) is 28.7 Å². The summed E-state index contributed by atoms with van der Waals surface area (Å²) in [5.41, 5.74) is 2.47. The maximum Gasteiger partial charge on any atom is 0.317 e. The average molecular weight is 500 g/mol. The zero-order chi connectivity index (χ0) is 24.3. The first-order valence-corrected chi connectivity index (χ1v) is 12.4. The van der Waals surface area contributed by atoms with E-state index in [0.29, 0.717) is 36.2 Å². The summed E-state index contributed by atoms with van der Waals surface area (Å²) in [7, 11) is 0. The molecular weight excluding hydrogens is 470 g/mol. The molecule has 180 valence electrons. The van der Waals surface area contributed by atoms with Crippen molar-refractivity contribution < 1.29 is 4.74 Å². The van der Waals surface area contributed by atoms with E-state index in [2.05, 4.69) is 49.4 Å². The largest absolute Gasteiger partial charge is 0.459 e. The Balaban J connectivity index is 1.58. The minimum Gasteiger partial charge on any atom is -0.459 e. The fourth-order valence-electron chi connectivity index (χ4n) is 2.74. The summed E-state index contributed by atoms with van der Waals surface area (Å²) in [5.74, 6) is 0.638. The molecule has 0 aliphatic carbocycles. The molecule has 3 rings (SSSR count). The van der Waals surface area contributed by atoms with Crippen molar-refractivity contribution in [3.8, 4) is 16.6 Å². The van der Waals surface area contributed by atoms with Crippen molar-refractivity contribution >= 4 is 33.9 Å². The van der Waals surface area contributed by atoms with E-state index in [0.717, 1.165) is 28.4 Å². The van der Waals surface area contributed by atoms with Gasteiger partial charge >= 0.3 is 6.01 Å². The van der Waals surface area contributed by atoms with E-state index in [4.69, 9.17) is 16.3 Å². The lowest BCUT2D eigenvalue weighted by Gasteiger charge is -2.07. The third-order valence-corrected chi connectivity index (χ3v) is 5.45. The van der Waals surface area contributed by atoms with Crippen molar-refractivity contribution in [2.24, 2.45) is 0 Å². The molecule has 10 heteroatoms. The van der Waals surface area contributed by atoms with Crippen LogP contribution < -0.4 is 15.4 Å². The third-order valence-electron chi connectivity index (χ3n) is 4.37. The highest BCUT2D eigenvalue weighted by Crippen LogP contribution is 2.30. The molecule has 3 aromatic heterocycles. The summed E-state index contributed by atoms with van der Waals surface area (Å²) in [6.45, 7) is 9.11. The van der Waals surface area contributed by atoms with Crippen molar-refractivity contribution in [2.45, 2.75) is 52.1 Å². The van der Waals surface area contributed by atoms with Crippen LogP contribution >= 0.6 is 22.9 Å². The molecule has 34 heavy (non-hydrogen) atoms. The van der Waals surface area contributed by atoms with Gasteiger partial charge in [0.2, 0.25) is 0 Å². The molecule has 3 aromatic rings. The summed E-state index contributed by atoms with van der Waals surface area (Å²) in [5, 5.41) is 7.26. The molecule has 0 saturated carbocycles. The first kappa shape index (κ1) is 25.7. The Hall–Kier alpha value is -2.88. The van der Waals surface area contributed by atoms with Crippen LogP contribution in [0, 0.1) is 6.92 Å². The summed E-state index contributed by atoms with van der Waals surface area (Å²) in [6.07, 6.45) is 14.0. The Morgan fingerprint density at radius 3 is 2.65 bits per heavy atom. The van der Waals surface area contributed by atoms with E-state index in [1.165, 1.54) is 11.3 Å². The molecule has 0 spiro atoms. The molecule has 0 aromatic carbocycles. The van der Waals surface area contributed by atoms with Gasteiger partial charge in [-0.05, 0) is 26.3 Å². The second-order valence-electron chi connectivity index (χ2n) is 7.88. The summed E-state index contributed by atoms with van der Waals surface area (Å²) >= 11 is 7.35. The van der Waals surface area contributed by atoms with E-state index in [-0.39, 0.29) is 5.38 Å². The number of hydrogen-bond acceptors (Lipinski definition) is 9. The number of aromatic nitrogens is 5. The molecule has 0 aliphatic heterocycles. The lowest BCUT2D eigenvalue weighted by molar-refractivity contribution is 0.332. The normalized spacial score (nSPS) is 12.6. The third kappa shape index (κ3) is 8.81. The second kappa shape index (κ2) is 13.1. The van der Waals surface area contributed by atoms with Crippen molar-refractivity contribution in [1.82, 2.24) is 30.2 Å². The quantitative estimate of drug-likeness (QED) is 0.251. The Morgan fingerprint density at radius 2 is 1.91 bits per heavy atom. The smallest absolute Gasteiger partial charge is 0.317 e. The van der Waals surface area contributed by atoms with Crippen LogP contribution in [-0.2, 0) is 6.54 Å². The molecule has 0 radical (unpaired) electrons. The Bertz CT molecular complexity index is 1100. The molecule has 1 unspecified atom stereocenters. The van der Waals surface area contributed by atoms with Gasteiger partial charge in [0.15, 0.2) is 10.9 Å². The molecule has 0 saturated heterocycles. The van der Waals surface area contributed by atoms with Crippen LogP contribution in [-0.4, -0.2) is 42.9 Å². The minimum absolute atomic E-state index is 0.0387. The molecular formula is C24H30ClN7OS. The predicted molar refractivity (Wildman–Crippen MR) is 139 cm³/mol.